The molecule has 86 valence electrons. The number of carbonyl (C=O) groups is 1. The maximum Gasteiger partial charge on any atom is 0.255 e. The van der Waals surface area contributed by atoms with Crippen molar-refractivity contribution in [2.45, 2.75) is 0 Å². The van der Waals surface area contributed by atoms with E-state index in [2.05, 4.69) is 5.32 Å². The summed E-state index contributed by atoms with van der Waals surface area (Å²) in [5, 5.41) is 3.85. The van der Waals surface area contributed by atoms with E-state index in [1.165, 1.54) is 0 Å². The highest BCUT2D eigenvalue weighted by molar-refractivity contribution is 6.31. The Labute approximate surface area is 109 Å². The summed E-state index contributed by atoms with van der Waals surface area (Å²) >= 11 is 11.6. The van der Waals surface area contributed by atoms with Crippen molar-refractivity contribution in [3.05, 3.63) is 64.1 Å². The maximum atomic E-state index is 11.9. The SMILES string of the molecule is O=C(Nc1cccc(Cl)c1)c1cccc(Cl)c1. The minimum Gasteiger partial charge on any atom is -0.322 e. The maximum absolute atomic E-state index is 11.9. The van der Waals surface area contributed by atoms with Crippen LogP contribution in [0.25, 0.3) is 0 Å². The second kappa shape index (κ2) is 5.21. The number of carbonyl (C=O) groups excluding carboxylic acids is 1. The summed E-state index contributed by atoms with van der Waals surface area (Å²) in [5.74, 6) is -0.213. The molecule has 4 heteroatoms. The minimum absolute atomic E-state index is 0.213. The van der Waals surface area contributed by atoms with E-state index in [0.717, 1.165) is 0 Å². The molecule has 0 aliphatic rings. The Bertz CT molecular complexity index is 555. The summed E-state index contributed by atoms with van der Waals surface area (Å²) in [6, 6.07) is 13.7. The van der Waals surface area contributed by atoms with E-state index in [0.29, 0.717) is 21.3 Å². The molecule has 0 aliphatic heterocycles. The Hall–Kier alpha value is -1.51. The summed E-state index contributed by atoms with van der Waals surface area (Å²) < 4.78 is 0. The number of amides is 1. The molecule has 0 saturated carbocycles. The van der Waals surface area contributed by atoms with E-state index in [9.17, 15) is 4.79 Å². The first-order chi connectivity index (χ1) is 8.15. The third kappa shape index (κ3) is 3.22. The first-order valence-electron chi connectivity index (χ1n) is 4.97. The van der Waals surface area contributed by atoms with Crippen LogP contribution in [-0.4, -0.2) is 5.91 Å². The fourth-order valence-corrected chi connectivity index (χ4v) is 1.78. The predicted molar refractivity (Wildman–Crippen MR) is 70.9 cm³/mol. The third-order valence-corrected chi connectivity index (χ3v) is 2.64. The van der Waals surface area contributed by atoms with Crippen molar-refractivity contribution in [2.75, 3.05) is 5.32 Å². The molecule has 0 spiro atoms. The van der Waals surface area contributed by atoms with Gasteiger partial charge in [-0.05, 0) is 36.4 Å². The van der Waals surface area contributed by atoms with Gasteiger partial charge in [0.2, 0.25) is 0 Å². The van der Waals surface area contributed by atoms with Crippen LogP contribution in [0.2, 0.25) is 10.0 Å². The van der Waals surface area contributed by atoms with Crippen molar-refractivity contribution < 1.29 is 4.79 Å². The van der Waals surface area contributed by atoms with Gasteiger partial charge in [-0.3, -0.25) is 4.79 Å². The molecule has 0 fully saturated rings. The zero-order valence-corrected chi connectivity index (χ0v) is 10.3. The van der Waals surface area contributed by atoms with Gasteiger partial charge in [-0.25, -0.2) is 0 Å². The van der Waals surface area contributed by atoms with E-state index >= 15 is 0 Å². The van der Waals surface area contributed by atoms with Gasteiger partial charge < -0.3 is 5.32 Å². The van der Waals surface area contributed by atoms with E-state index in [1.807, 2.05) is 0 Å². The third-order valence-electron chi connectivity index (χ3n) is 2.17. The van der Waals surface area contributed by atoms with Crippen LogP contribution in [0.15, 0.2) is 48.5 Å². The van der Waals surface area contributed by atoms with Gasteiger partial charge >= 0.3 is 0 Å². The lowest BCUT2D eigenvalue weighted by Gasteiger charge is -2.05. The number of hydrogen-bond donors (Lipinski definition) is 1. The van der Waals surface area contributed by atoms with Crippen LogP contribution in [0.3, 0.4) is 0 Å². The molecule has 0 aliphatic carbocycles. The molecule has 0 radical (unpaired) electrons. The second-order valence-electron chi connectivity index (χ2n) is 3.47. The van der Waals surface area contributed by atoms with Crippen LogP contribution < -0.4 is 5.32 Å². The molecule has 2 aromatic carbocycles. The molecule has 0 aromatic heterocycles. The average Bonchev–Trinajstić information content (AvgIpc) is 2.29. The van der Waals surface area contributed by atoms with Gasteiger partial charge in [0.05, 0.1) is 0 Å². The van der Waals surface area contributed by atoms with Gasteiger partial charge in [-0.15, -0.1) is 0 Å². The van der Waals surface area contributed by atoms with E-state index < -0.39 is 0 Å². The lowest BCUT2D eigenvalue weighted by atomic mass is 10.2. The fourth-order valence-electron chi connectivity index (χ4n) is 1.40. The van der Waals surface area contributed by atoms with Gasteiger partial charge in [0.25, 0.3) is 5.91 Å². The number of nitrogens with one attached hydrogen (secondary N) is 1. The Morgan fingerprint density at radius 1 is 0.941 bits per heavy atom. The van der Waals surface area contributed by atoms with Gasteiger partial charge in [-0.2, -0.15) is 0 Å². The van der Waals surface area contributed by atoms with Gasteiger partial charge in [-0.1, -0.05) is 35.3 Å². The molecule has 17 heavy (non-hydrogen) atoms. The van der Waals surface area contributed by atoms with Crippen molar-refractivity contribution in [1.82, 2.24) is 0 Å². The molecule has 1 amide bonds. The summed E-state index contributed by atoms with van der Waals surface area (Å²) in [5.41, 5.74) is 1.17. The van der Waals surface area contributed by atoms with Crippen molar-refractivity contribution in [3.63, 3.8) is 0 Å². The quantitative estimate of drug-likeness (QED) is 0.865. The average molecular weight is 266 g/mol. The number of benzene rings is 2. The molecule has 0 atom stereocenters. The number of anilines is 1. The highest BCUT2D eigenvalue weighted by Gasteiger charge is 2.06. The monoisotopic (exact) mass is 265 g/mol. The number of rotatable bonds is 2. The topological polar surface area (TPSA) is 29.1 Å². The molecule has 0 unspecified atom stereocenters. The number of halogens is 2. The largest absolute Gasteiger partial charge is 0.322 e. The molecular weight excluding hydrogens is 257 g/mol. The zero-order valence-electron chi connectivity index (χ0n) is 8.78. The van der Waals surface area contributed by atoms with Crippen LogP contribution in [0, 0.1) is 0 Å². The van der Waals surface area contributed by atoms with E-state index in [-0.39, 0.29) is 5.91 Å². The van der Waals surface area contributed by atoms with Crippen molar-refractivity contribution in [2.24, 2.45) is 0 Å². The standard InChI is InChI=1S/C13H9Cl2NO/c14-10-4-1-3-9(7-10)13(17)16-12-6-2-5-11(15)8-12/h1-8H,(H,16,17). The van der Waals surface area contributed by atoms with Gasteiger partial charge in [0.15, 0.2) is 0 Å². The van der Waals surface area contributed by atoms with Crippen LogP contribution in [0.1, 0.15) is 10.4 Å². The highest BCUT2D eigenvalue weighted by Crippen LogP contribution is 2.17. The smallest absolute Gasteiger partial charge is 0.255 e. The molecule has 2 nitrogen and oxygen atoms in total. The molecule has 2 aromatic rings. The molecule has 0 saturated heterocycles. The first kappa shape index (κ1) is 12.0. The first-order valence-corrected chi connectivity index (χ1v) is 5.73. The van der Waals surface area contributed by atoms with Crippen LogP contribution in [0.5, 0.6) is 0 Å². The van der Waals surface area contributed by atoms with Crippen molar-refractivity contribution >= 4 is 34.8 Å². The van der Waals surface area contributed by atoms with E-state index in [1.54, 1.807) is 48.5 Å². The Morgan fingerprint density at radius 3 is 2.24 bits per heavy atom. The highest BCUT2D eigenvalue weighted by atomic mass is 35.5. The predicted octanol–water partition coefficient (Wildman–Crippen LogP) is 4.25. The fraction of sp³-hybridized carbons (Fsp3) is 0. The summed E-state index contributed by atoms with van der Waals surface area (Å²) in [4.78, 5) is 11.9. The molecule has 0 heterocycles. The molecule has 0 bridgehead atoms. The Balaban J connectivity index is 2.17. The summed E-state index contributed by atoms with van der Waals surface area (Å²) in [6.07, 6.45) is 0. The summed E-state index contributed by atoms with van der Waals surface area (Å²) in [6.45, 7) is 0. The van der Waals surface area contributed by atoms with Crippen molar-refractivity contribution in [1.29, 1.82) is 0 Å². The minimum atomic E-state index is -0.213. The van der Waals surface area contributed by atoms with Crippen LogP contribution in [-0.2, 0) is 0 Å². The van der Waals surface area contributed by atoms with Crippen LogP contribution in [0.4, 0.5) is 5.69 Å². The molecular formula is C13H9Cl2NO. The lowest BCUT2D eigenvalue weighted by Crippen LogP contribution is -2.11. The molecule has 1 N–H and O–H groups in total. The summed E-state index contributed by atoms with van der Waals surface area (Å²) in [7, 11) is 0. The molecule has 2 rings (SSSR count). The van der Waals surface area contributed by atoms with Crippen molar-refractivity contribution in [3.8, 4) is 0 Å². The Morgan fingerprint density at radius 2 is 1.59 bits per heavy atom. The second-order valence-corrected chi connectivity index (χ2v) is 4.35. The van der Waals surface area contributed by atoms with E-state index in [4.69, 9.17) is 23.2 Å². The normalized spacial score (nSPS) is 10.0. The van der Waals surface area contributed by atoms with Crippen LogP contribution >= 0.6 is 23.2 Å². The lowest BCUT2D eigenvalue weighted by molar-refractivity contribution is 0.102. The van der Waals surface area contributed by atoms with Gasteiger partial charge in [0, 0.05) is 21.3 Å². The number of hydrogen-bond acceptors (Lipinski definition) is 1. The van der Waals surface area contributed by atoms with Gasteiger partial charge in [0.1, 0.15) is 0 Å². The zero-order chi connectivity index (χ0) is 12.3. The Kier molecular flexibility index (Phi) is 3.67.